The Morgan fingerprint density at radius 1 is 1.30 bits per heavy atom. The highest BCUT2D eigenvalue weighted by atomic mass is 35.5. The molecule has 0 aliphatic heterocycles. The van der Waals surface area contributed by atoms with Gasteiger partial charge in [0.15, 0.2) is 0 Å². The van der Waals surface area contributed by atoms with Gasteiger partial charge in [-0.15, -0.1) is 11.6 Å². The summed E-state index contributed by atoms with van der Waals surface area (Å²) in [5.74, 6) is -0.160. The molecule has 0 fully saturated rings. The molecule has 20 heavy (non-hydrogen) atoms. The van der Waals surface area contributed by atoms with Crippen LogP contribution in [0.3, 0.4) is 0 Å². The van der Waals surface area contributed by atoms with Crippen LogP contribution < -0.4 is 5.56 Å². The topological polar surface area (TPSA) is 34.9 Å². The number of benzene rings is 1. The molecular weight excluding hydrogens is 279 g/mol. The molecule has 0 unspecified atom stereocenters. The molecule has 2 aromatic rings. The van der Waals surface area contributed by atoms with Gasteiger partial charge in [-0.1, -0.05) is 13.3 Å². The number of alkyl halides is 1. The van der Waals surface area contributed by atoms with Crippen LogP contribution in [0.15, 0.2) is 35.1 Å². The summed E-state index contributed by atoms with van der Waals surface area (Å²) >= 11 is 5.82. The summed E-state index contributed by atoms with van der Waals surface area (Å²) in [7, 11) is 0. The molecular formula is C15H16ClFN2O. The normalized spacial score (nSPS) is 10.8. The molecule has 0 saturated heterocycles. The number of aromatic nitrogens is 2. The van der Waals surface area contributed by atoms with Crippen LogP contribution in [-0.2, 0) is 12.4 Å². The van der Waals surface area contributed by atoms with Gasteiger partial charge in [-0.3, -0.25) is 4.79 Å². The van der Waals surface area contributed by atoms with Gasteiger partial charge in [-0.05, 0) is 36.8 Å². The highest BCUT2D eigenvalue weighted by Gasteiger charge is 2.09. The van der Waals surface area contributed by atoms with Gasteiger partial charge in [0, 0.05) is 17.7 Å². The first-order chi connectivity index (χ1) is 9.65. The van der Waals surface area contributed by atoms with E-state index >= 15 is 0 Å². The van der Waals surface area contributed by atoms with Crippen LogP contribution in [0.2, 0.25) is 0 Å². The van der Waals surface area contributed by atoms with Crippen molar-refractivity contribution in [2.75, 3.05) is 0 Å². The zero-order valence-corrected chi connectivity index (χ0v) is 12.0. The molecule has 1 aromatic heterocycles. The summed E-state index contributed by atoms with van der Waals surface area (Å²) in [4.78, 5) is 12.1. The van der Waals surface area contributed by atoms with Gasteiger partial charge in [0.1, 0.15) is 5.82 Å². The van der Waals surface area contributed by atoms with Crippen molar-refractivity contribution in [3.63, 3.8) is 0 Å². The maximum absolute atomic E-state index is 13.0. The summed E-state index contributed by atoms with van der Waals surface area (Å²) in [5.41, 5.74) is 1.76. The lowest BCUT2D eigenvalue weighted by Gasteiger charge is -2.09. The minimum atomic E-state index is -0.300. The Balaban J connectivity index is 2.47. The Morgan fingerprint density at radius 3 is 2.60 bits per heavy atom. The van der Waals surface area contributed by atoms with Crippen molar-refractivity contribution in [3.8, 4) is 11.3 Å². The van der Waals surface area contributed by atoms with Gasteiger partial charge >= 0.3 is 0 Å². The van der Waals surface area contributed by atoms with E-state index in [1.165, 1.54) is 16.8 Å². The summed E-state index contributed by atoms with van der Waals surface area (Å²) < 4.78 is 14.4. The average Bonchev–Trinajstić information content (AvgIpc) is 2.47. The second-order valence-corrected chi connectivity index (χ2v) is 4.84. The van der Waals surface area contributed by atoms with E-state index in [4.69, 9.17) is 11.6 Å². The zero-order chi connectivity index (χ0) is 14.5. The molecule has 0 aliphatic rings. The maximum atomic E-state index is 13.0. The monoisotopic (exact) mass is 294 g/mol. The van der Waals surface area contributed by atoms with E-state index in [0.717, 1.165) is 18.4 Å². The fourth-order valence-corrected chi connectivity index (χ4v) is 2.11. The lowest BCUT2D eigenvalue weighted by molar-refractivity contribution is 0.542. The van der Waals surface area contributed by atoms with E-state index in [9.17, 15) is 9.18 Å². The molecule has 0 aliphatic carbocycles. The van der Waals surface area contributed by atoms with Crippen molar-refractivity contribution in [2.45, 2.75) is 32.2 Å². The minimum Gasteiger partial charge on any atom is -0.267 e. The standard InChI is InChI=1S/C15H16ClFN2O/c1-2-3-8-19-15(20)12(10-16)9-14(18-19)11-4-6-13(17)7-5-11/h4-7,9H,2-3,8,10H2,1H3. The van der Waals surface area contributed by atoms with E-state index in [0.29, 0.717) is 17.8 Å². The first-order valence-electron chi connectivity index (χ1n) is 6.58. The second-order valence-electron chi connectivity index (χ2n) is 4.58. The van der Waals surface area contributed by atoms with Crippen LogP contribution >= 0.6 is 11.6 Å². The highest BCUT2D eigenvalue weighted by molar-refractivity contribution is 6.17. The molecule has 0 N–H and O–H groups in total. The first kappa shape index (κ1) is 14.7. The van der Waals surface area contributed by atoms with Crippen molar-refractivity contribution >= 4 is 11.6 Å². The number of rotatable bonds is 5. The third-order valence-electron chi connectivity index (χ3n) is 3.06. The second kappa shape index (κ2) is 6.66. The van der Waals surface area contributed by atoms with E-state index < -0.39 is 0 Å². The molecule has 0 atom stereocenters. The van der Waals surface area contributed by atoms with E-state index in [1.54, 1.807) is 18.2 Å². The van der Waals surface area contributed by atoms with Gasteiger partial charge in [-0.2, -0.15) is 5.10 Å². The van der Waals surface area contributed by atoms with Crippen molar-refractivity contribution in [3.05, 3.63) is 52.1 Å². The highest BCUT2D eigenvalue weighted by Crippen LogP contribution is 2.17. The molecule has 106 valence electrons. The number of unbranched alkanes of at least 4 members (excludes halogenated alkanes) is 1. The summed E-state index contributed by atoms with van der Waals surface area (Å²) in [5, 5.41) is 4.34. The summed E-state index contributed by atoms with van der Waals surface area (Å²) in [6, 6.07) is 7.71. The quantitative estimate of drug-likeness (QED) is 0.790. The van der Waals surface area contributed by atoms with Crippen LogP contribution in [-0.4, -0.2) is 9.78 Å². The summed E-state index contributed by atoms with van der Waals surface area (Å²) in [6.07, 6.45) is 1.85. The van der Waals surface area contributed by atoms with Crippen LogP contribution in [0.25, 0.3) is 11.3 Å². The van der Waals surface area contributed by atoms with Crippen LogP contribution in [0.1, 0.15) is 25.3 Å². The molecule has 1 heterocycles. The molecule has 0 spiro atoms. The number of nitrogens with zero attached hydrogens (tertiary/aromatic N) is 2. The third-order valence-corrected chi connectivity index (χ3v) is 3.34. The predicted octanol–water partition coefficient (Wildman–Crippen LogP) is 3.59. The number of aryl methyl sites for hydroxylation is 1. The Bertz CT molecular complexity index is 637. The Morgan fingerprint density at radius 2 is 2.00 bits per heavy atom. The molecule has 0 bridgehead atoms. The SMILES string of the molecule is CCCCn1nc(-c2ccc(F)cc2)cc(CCl)c1=O. The van der Waals surface area contributed by atoms with Crippen molar-refractivity contribution < 1.29 is 4.39 Å². The van der Waals surface area contributed by atoms with E-state index in [2.05, 4.69) is 12.0 Å². The van der Waals surface area contributed by atoms with Crippen LogP contribution in [0.5, 0.6) is 0 Å². The molecule has 0 radical (unpaired) electrons. The van der Waals surface area contributed by atoms with Crippen molar-refractivity contribution in [1.82, 2.24) is 9.78 Å². The Labute approximate surface area is 122 Å². The van der Waals surface area contributed by atoms with E-state index in [-0.39, 0.29) is 17.3 Å². The number of halogens is 2. The Hall–Kier alpha value is -1.68. The minimum absolute atomic E-state index is 0.141. The molecule has 3 nitrogen and oxygen atoms in total. The maximum Gasteiger partial charge on any atom is 0.271 e. The Kier molecular flexibility index (Phi) is 4.90. The largest absolute Gasteiger partial charge is 0.271 e. The molecule has 0 saturated carbocycles. The summed E-state index contributed by atoms with van der Waals surface area (Å²) in [6.45, 7) is 2.62. The number of hydrogen-bond donors (Lipinski definition) is 0. The van der Waals surface area contributed by atoms with E-state index in [1.807, 2.05) is 0 Å². The van der Waals surface area contributed by atoms with Gasteiger partial charge in [0.25, 0.3) is 5.56 Å². The van der Waals surface area contributed by atoms with Crippen LogP contribution in [0.4, 0.5) is 4.39 Å². The van der Waals surface area contributed by atoms with Gasteiger partial charge in [0.05, 0.1) is 11.6 Å². The number of hydrogen-bond acceptors (Lipinski definition) is 2. The molecule has 0 amide bonds. The van der Waals surface area contributed by atoms with Gasteiger partial charge < -0.3 is 0 Å². The predicted molar refractivity (Wildman–Crippen MR) is 78.4 cm³/mol. The first-order valence-corrected chi connectivity index (χ1v) is 7.12. The van der Waals surface area contributed by atoms with Gasteiger partial charge in [-0.25, -0.2) is 9.07 Å². The van der Waals surface area contributed by atoms with Crippen molar-refractivity contribution in [1.29, 1.82) is 0 Å². The fraction of sp³-hybridized carbons (Fsp3) is 0.333. The smallest absolute Gasteiger partial charge is 0.267 e. The van der Waals surface area contributed by atoms with Crippen molar-refractivity contribution in [2.24, 2.45) is 0 Å². The molecule has 5 heteroatoms. The molecule has 2 rings (SSSR count). The average molecular weight is 295 g/mol. The third kappa shape index (κ3) is 3.25. The molecule has 1 aromatic carbocycles. The van der Waals surface area contributed by atoms with Crippen LogP contribution in [0, 0.1) is 5.82 Å². The lowest BCUT2D eigenvalue weighted by atomic mass is 10.1. The van der Waals surface area contributed by atoms with Gasteiger partial charge in [0.2, 0.25) is 0 Å². The fourth-order valence-electron chi connectivity index (χ4n) is 1.91. The lowest BCUT2D eigenvalue weighted by Crippen LogP contribution is -2.26. The zero-order valence-electron chi connectivity index (χ0n) is 11.3.